The highest BCUT2D eigenvalue weighted by Gasteiger charge is 2.18. The third kappa shape index (κ3) is 4.74. The first kappa shape index (κ1) is 16.3. The molecule has 0 aliphatic carbocycles. The number of benzene rings is 1. The highest BCUT2D eigenvalue weighted by Crippen LogP contribution is 2.21. The molecular weight excluding hydrogens is 278 g/mol. The maximum Gasteiger partial charge on any atom is 0.303 e. The Hall–Kier alpha value is -2.06. The highest BCUT2D eigenvalue weighted by atomic mass is 16.4. The van der Waals surface area contributed by atoms with Crippen LogP contribution in [0.15, 0.2) is 24.3 Å². The Labute approximate surface area is 131 Å². The van der Waals surface area contributed by atoms with Gasteiger partial charge in [-0.1, -0.05) is 18.6 Å². The molecule has 1 N–H and O–H groups in total. The zero-order chi connectivity index (χ0) is 15.8. The van der Waals surface area contributed by atoms with Crippen LogP contribution in [0.1, 0.15) is 31.2 Å². The molecule has 1 aliphatic rings. The van der Waals surface area contributed by atoms with E-state index in [1.165, 1.54) is 0 Å². The highest BCUT2D eigenvalue weighted by molar-refractivity contribution is 5.66. The van der Waals surface area contributed by atoms with Crippen molar-refractivity contribution in [3.05, 3.63) is 29.8 Å². The molecule has 0 aromatic heterocycles. The monoisotopic (exact) mass is 301 g/mol. The van der Waals surface area contributed by atoms with Gasteiger partial charge in [0.1, 0.15) is 6.07 Å². The number of nitrogens with zero attached hydrogens (tertiary/aromatic N) is 3. The summed E-state index contributed by atoms with van der Waals surface area (Å²) in [5, 5.41) is 17.8. The van der Waals surface area contributed by atoms with Crippen LogP contribution in [0.3, 0.4) is 0 Å². The SMILES string of the molecule is N#Cc1ccccc1N1CCN(CCCCCC(=O)O)CC1. The molecule has 0 atom stereocenters. The lowest BCUT2D eigenvalue weighted by atomic mass is 10.1. The molecule has 1 fully saturated rings. The predicted molar refractivity (Wildman–Crippen MR) is 85.9 cm³/mol. The predicted octanol–water partition coefficient (Wildman–Crippen LogP) is 2.33. The van der Waals surface area contributed by atoms with Crippen LogP contribution in [-0.2, 0) is 4.79 Å². The fourth-order valence-electron chi connectivity index (χ4n) is 2.84. The molecule has 22 heavy (non-hydrogen) atoms. The van der Waals surface area contributed by atoms with Gasteiger partial charge in [0.05, 0.1) is 11.3 Å². The molecule has 1 aromatic rings. The van der Waals surface area contributed by atoms with Crippen molar-refractivity contribution in [2.24, 2.45) is 0 Å². The number of aliphatic carboxylic acids is 1. The number of carboxylic acids is 1. The maximum atomic E-state index is 10.4. The third-order valence-corrected chi connectivity index (χ3v) is 4.10. The molecule has 2 rings (SSSR count). The van der Waals surface area contributed by atoms with Gasteiger partial charge in [-0.3, -0.25) is 9.69 Å². The summed E-state index contributed by atoms with van der Waals surface area (Å²) < 4.78 is 0. The average molecular weight is 301 g/mol. The molecule has 5 heteroatoms. The number of nitriles is 1. The first-order valence-corrected chi connectivity index (χ1v) is 7.89. The Morgan fingerprint density at radius 1 is 1.14 bits per heavy atom. The van der Waals surface area contributed by atoms with Crippen molar-refractivity contribution in [3.63, 3.8) is 0 Å². The maximum absolute atomic E-state index is 10.4. The normalized spacial score (nSPS) is 15.5. The van der Waals surface area contributed by atoms with Crippen LogP contribution in [0.5, 0.6) is 0 Å². The van der Waals surface area contributed by atoms with Crippen LogP contribution < -0.4 is 4.90 Å². The van der Waals surface area contributed by atoms with Crippen molar-refractivity contribution in [3.8, 4) is 6.07 Å². The minimum Gasteiger partial charge on any atom is -0.481 e. The molecule has 0 bridgehead atoms. The van der Waals surface area contributed by atoms with Gasteiger partial charge in [0.25, 0.3) is 0 Å². The topological polar surface area (TPSA) is 67.6 Å². The van der Waals surface area contributed by atoms with Gasteiger partial charge in [-0.25, -0.2) is 0 Å². The van der Waals surface area contributed by atoms with Crippen molar-refractivity contribution in [1.82, 2.24) is 4.90 Å². The number of rotatable bonds is 7. The molecular formula is C17H23N3O2. The second-order valence-electron chi connectivity index (χ2n) is 5.66. The van der Waals surface area contributed by atoms with Crippen LogP contribution in [0.2, 0.25) is 0 Å². The van der Waals surface area contributed by atoms with E-state index in [1.54, 1.807) is 0 Å². The van der Waals surface area contributed by atoms with Gasteiger partial charge < -0.3 is 10.0 Å². The molecule has 0 spiro atoms. The first-order valence-electron chi connectivity index (χ1n) is 7.89. The largest absolute Gasteiger partial charge is 0.481 e. The van der Waals surface area contributed by atoms with E-state index < -0.39 is 5.97 Å². The van der Waals surface area contributed by atoms with Crippen LogP contribution in [0, 0.1) is 11.3 Å². The number of hydrogen-bond acceptors (Lipinski definition) is 4. The number of piperazine rings is 1. The summed E-state index contributed by atoms with van der Waals surface area (Å²) in [5.74, 6) is -0.704. The van der Waals surface area contributed by atoms with E-state index in [2.05, 4.69) is 15.9 Å². The Kier molecular flexibility index (Phi) is 6.23. The Morgan fingerprint density at radius 3 is 2.55 bits per heavy atom. The lowest BCUT2D eigenvalue weighted by Crippen LogP contribution is -2.46. The minimum atomic E-state index is -0.704. The number of unbranched alkanes of at least 4 members (excludes halogenated alkanes) is 2. The molecule has 1 heterocycles. The van der Waals surface area contributed by atoms with E-state index in [0.29, 0.717) is 0 Å². The van der Waals surface area contributed by atoms with E-state index in [9.17, 15) is 10.1 Å². The van der Waals surface area contributed by atoms with E-state index >= 15 is 0 Å². The summed E-state index contributed by atoms with van der Waals surface area (Å²) in [6.07, 6.45) is 3.08. The van der Waals surface area contributed by atoms with Crippen LogP contribution in [0.25, 0.3) is 0 Å². The van der Waals surface area contributed by atoms with E-state index in [-0.39, 0.29) is 6.42 Å². The van der Waals surface area contributed by atoms with Crippen molar-refractivity contribution in [2.45, 2.75) is 25.7 Å². The molecule has 1 aliphatic heterocycles. The van der Waals surface area contributed by atoms with Crippen LogP contribution in [-0.4, -0.2) is 48.7 Å². The molecule has 1 aromatic carbocycles. The van der Waals surface area contributed by atoms with Crippen LogP contribution >= 0.6 is 0 Å². The second-order valence-corrected chi connectivity index (χ2v) is 5.66. The zero-order valence-electron chi connectivity index (χ0n) is 12.9. The molecule has 0 unspecified atom stereocenters. The van der Waals surface area contributed by atoms with Gasteiger partial charge in [-0.15, -0.1) is 0 Å². The lowest BCUT2D eigenvalue weighted by Gasteiger charge is -2.36. The fraction of sp³-hybridized carbons (Fsp3) is 0.529. The smallest absolute Gasteiger partial charge is 0.303 e. The number of hydrogen-bond donors (Lipinski definition) is 1. The van der Waals surface area contributed by atoms with Gasteiger partial charge in [-0.05, 0) is 31.5 Å². The second kappa shape index (κ2) is 8.40. The van der Waals surface area contributed by atoms with Gasteiger partial charge in [0.15, 0.2) is 0 Å². The Balaban J connectivity index is 1.72. The van der Waals surface area contributed by atoms with Gasteiger partial charge in [0.2, 0.25) is 0 Å². The molecule has 0 radical (unpaired) electrons. The summed E-state index contributed by atoms with van der Waals surface area (Å²) in [5.41, 5.74) is 1.77. The van der Waals surface area contributed by atoms with Gasteiger partial charge in [-0.2, -0.15) is 5.26 Å². The molecule has 0 saturated carbocycles. The number of carbonyl (C=O) groups is 1. The standard InChI is InChI=1S/C17H23N3O2/c18-14-15-6-3-4-7-16(15)20-12-10-19(11-13-20)9-5-1-2-8-17(21)22/h3-4,6-7H,1-2,5,8-13H2,(H,21,22). The summed E-state index contributed by atoms with van der Waals surface area (Å²) >= 11 is 0. The Morgan fingerprint density at radius 2 is 1.86 bits per heavy atom. The summed E-state index contributed by atoms with van der Waals surface area (Å²) in [4.78, 5) is 15.1. The Bertz CT molecular complexity index is 531. The third-order valence-electron chi connectivity index (χ3n) is 4.10. The van der Waals surface area contributed by atoms with E-state index in [1.807, 2.05) is 24.3 Å². The minimum absolute atomic E-state index is 0.277. The molecule has 118 valence electrons. The van der Waals surface area contributed by atoms with Crippen LogP contribution in [0.4, 0.5) is 5.69 Å². The summed E-state index contributed by atoms with van der Waals surface area (Å²) in [6, 6.07) is 10.0. The van der Waals surface area contributed by atoms with Crippen molar-refractivity contribution < 1.29 is 9.90 Å². The quantitative estimate of drug-likeness (QED) is 0.783. The molecule has 0 amide bonds. The van der Waals surface area contributed by atoms with Crippen molar-refractivity contribution >= 4 is 11.7 Å². The first-order chi connectivity index (χ1) is 10.7. The summed E-state index contributed by atoms with van der Waals surface area (Å²) in [7, 11) is 0. The summed E-state index contributed by atoms with van der Waals surface area (Å²) in [6.45, 7) is 4.91. The van der Waals surface area contributed by atoms with Gasteiger partial charge in [0, 0.05) is 32.6 Å². The van der Waals surface area contributed by atoms with Crippen molar-refractivity contribution in [1.29, 1.82) is 5.26 Å². The number of para-hydroxylation sites is 1. The number of carboxylic acid groups (broad SMARTS) is 1. The lowest BCUT2D eigenvalue weighted by molar-refractivity contribution is -0.137. The number of anilines is 1. The molecule has 1 saturated heterocycles. The fourth-order valence-corrected chi connectivity index (χ4v) is 2.84. The van der Waals surface area contributed by atoms with Crippen molar-refractivity contribution in [2.75, 3.05) is 37.6 Å². The zero-order valence-corrected chi connectivity index (χ0v) is 12.9. The molecule has 5 nitrogen and oxygen atoms in total. The average Bonchev–Trinajstić information content (AvgIpc) is 2.55. The van der Waals surface area contributed by atoms with E-state index in [4.69, 9.17) is 5.11 Å². The van der Waals surface area contributed by atoms with E-state index in [0.717, 1.165) is 63.2 Å². The van der Waals surface area contributed by atoms with Gasteiger partial charge >= 0.3 is 5.97 Å².